The van der Waals surface area contributed by atoms with Gasteiger partial charge in [0.2, 0.25) is 0 Å². The van der Waals surface area contributed by atoms with Gasteiger partial charge in [-0.15, -0.1) is 10.2 Å². The highest BCUT2D eigenvalue weighted by Gasteiger charge is 2.13. The Hall–Kier alpha value is -3.81. The molecule has 0 atom stereocenters. The Kier molecular flexibility index (Phi) is 5.91. The van der Waals surface area contributed by atoms with Gasteiger partial charge in [-0.05, 0) is 36.4 Å². The summed E-state index contributed by atoms with van der Waals surface area (Å²) < 4.78 is 15.8. The second kappa shape index (κ2) is 8.72. The summed E-state index contributed by atoms with van der Waals surface area (Å²) in [5.41, 5.74) is 1.09. The third-order valence-corrected chi connectivity index (χ3v) is 3.93. The van der Waals surface area contributed by atoms with Crippen LogP contribution in [0.5, 0.6) is 17.2 Å². The maximum absolute atomic E-state index is 12.4. The molecule has 0 aliphatic rings. The largest absolute Gasteiger partial charge is 0.497 e. The van der Waals surface area contributed by atoms with Gasteiger partial charge in [0, 0.05) is 6.07 Å². The van der Waals surface area contributed by atoms with Crippen molar-refractivity contribution in [3.63, 3.8) is 0 Å². The van der Waals surface area contributed by atoms with Gasteiger partial charge in [-0.1, -0.05) is 12.1 Å². The first-order valence-corrected chi connectivity index (χ1v) is 8.41. The number of carbonyl (C=O) groups excluding carboxylic acids is 1. The van der Waals surface area contributed by atoms with Crippen LogP contribution in [0.1, 0.15) is 10.4 Å². The van der Waals surface area contributed by atoms with Crippen LogP contribution in [0.3, 0.4) is 0 Å². The minimum Gasteiger partial charge on any atom is -0.497 e. The maximum Gasteiger partial charge on any atom is 0.260 e. The number of nitrogens with one attached hydrogen (secondary N) is 2. The van der Waals surface area contributed by atoms with Gasteiger partial charge in [0.05, 0.1) is 32.6 Å². The van der Waals surface area contributed by atoms with Crippen molar-refractivity contribution in [1.82, 2.24) is 10.2 Å². The number of hydrogen-bond donors (Lipinski definition) is 2. The summed E-state index contributed by atoms with van der Waals surface area (Å²) in [4.78, 5) is 12.4. The van der Waals surface area contributed by atoms with Crippen LogP contribution in [-0.2, 0) is 0 Å². The molecule has 3 rings (SSSR count). The molecule has 0 unspecified atom stereocenters. The average molecular weight is 380 g/mol. The van der Waals surface area contributed by atoms with Crippen LogP contribution in [0, 0.1) is 0 Å². The average Bonchev–Trinajstić information content (AvgIpc) is 2.75. The Bertz CT molecular complexity index is 961. The molecule has 0 saturated carbocycles. The van der Waals surface area contributed by atoms with Crippen molar-refractivity contribution >= 4 is 23.2 Å². The van der Waals surface area contributed by atoms with Crippen LogP contribution < -0.4 is 24.8 Å². The summed E-state index contributed by atoms with van der Waals surface area (Å²) in [6.07, 6.45) is 0. The molecule has 3 aromatic rings. The minimum atomic E-state index is -0.332. The van der Waals surface area contributed by atoms with E-state index >= 15 is 0 Å². The van der Waals surface area contributed by atoms with E-state index in [1.165, 1.54) is 7.11 Å². The summed E-state index contributed by atoms with van der Waals surface area (Å²) in [7, 11) is 4.68. The summed E-state index contributed by atoms with van der Waals surface area (Å²) in [5.74, 6) is 2.27. The predicted molar refractivity (Wildman–Crippen MR) is 106 cm³/mol. The molecule has 1 amide bonds. The highest BCUT2D eigenvalue weighted by atomic mass is 16.5. The van der Waals surface area contributed by atoms with E-state index in [2.05, 4.69) is 20.8 Å². The molecule has 0 radical (unpaired) electrons. The fourth-order valence-corrected chi connectivity index (χ4v) is 2.53. The van der Waals surface area contributed by atoms with Crippen molar-refractivity contribution in [2.24, 2.45) is 0 Å². The van der Waals surface area contributed by atoms with Crippen molar-refractivity contribution in [3.05, 3.63) is 60.2 Å². The number of hydrogen-bond acceptors (Lipinski definition) is 7. The van der Waals surface area contributed by atoms with Gasteiger partial charge in [-0.3, -0.25) is 4.79 Å². The molecule has 144 valence electrons. The van der Waals surface area contributed by atoms with Gasteiger partial charge in [-0.25, -0.2) is 0 Å². The highest BCUT2D eigenvalue weighted by molar-refractivity contribution is 6.05. The van der Waals surface area contributed by atoms with Crippen LogP contribution in [0.4, 0.5) is 17.3 Å². The summed E-state index contributed by atoms with van der Waals surface area (Å²) in [5, 5.41) is 13.9. The van der Waals surface area contributed by atoms with Crippen LogP contribution >= 0.6 is 0 Å². The number of anilines is 3. The lowest BCUT2D eigenvalue weighted by atomic mass is 10.2. The maximum atomic E-state index is 12.4. The molecule has 1 heterocycles. The Labute approximate surface area is 162 Å². The first kappa shape index (κ1) is 19.0. The van der Waals surface area contributed by atoms with Gasteiger partial charge in [0.25, 0.3) is 5.91 Å². The zero-order valence-electron chi connectivity index (χ0n) is 15.7. The van der Waals surface area contributed by atoms with Crippen molar-refractivity contribution in [1.29, 1.82) is 0 Å². The quantitative estimate of drug-likeness (QED) is 0.648. The highest BCUT2D eigenvalue weighted by Crippen LogP contribution is 2.31. The van der Waals surface area contributed by atoms with Crippen molar-refractivity contribution in [2.45, 2.75) is 0 Å². The first-order valence-electron chi connectivity index (χ1n) is 8.41. The normalized spacial score (nSPS) is 10.1. The number of nitrogens with zero attached hydrogens (tertiary/aromatic N) is 2. The molecule has 8 heteroatoms. The summed E-state index contributed by atoms with van der Waals surface area (Å²) in [6.45, 7) is 0. The molecule has 0 saturated heterocycles. The third-order valence-electron chi connectivity index (χ3n) is 3.93. The molecule has 0 spiro atoms. The van der Waals surface area contributed by atoms with Crippen molar-refractivity contribution < 1.29 is 19.0 Å². The minimum absolute atomic E-state index is 0.319. The Balaban J connectivity index is 1.73. The van der Waals surface area contributed by atoms with Crippen molar-refractivity contribution in [2.75, 3.05) is 32.0 Å². The standard InChI is InChI=1S/C20H20N4O4/c1-26-13-8-9-17(28-3)15(12-13)21-18-10-11-19(24-23-18)22-20(25)14-6-4-5-7-16(14)27-2/h4-12H,1-3H3,(H,21,23)(H,22,24,25). The number of benzene rings is 2. The number of carbonyl (C=O) groups is 1. The molecule has 2 N–H and O–H groups in total. The molecule has 0 aliphatic carbocycles. The topological polar surface area (TPSA) is 94.6 Å². The van der Waals surface area contributed by atoms with E-state index in [0.717, 1.165) is 0 Å². The van der Waals surface area contributed by atoms with Crippen LogP contribution in [0.15, 0.2) is 54.6 Å². The molecule has 2 aromatic carbocycles. The number of aromatic nitrogens is 2. The Morgan fingerprint density at radius 1 is 0.821 bits per heavy atom. The number of ether oxygens (including phenoxy) is 3. The van der Waals surface area contributed by atoms with E-state index in [9.17, 15) is 4.79 Å². The number of amides is 1. The second-order valence-electron chi connectivity index (χ2n) is 5.65. The first-order chi connectivity index (χ1) is 13.6. The molecule has 28 heavy (non-hydrogen) atoms. The predicted octanol–water partition coefficient (Wildman–Crippen LogP) is 3.50. The van der Waals surface area contributed by atoms with Gasteiger partial charge in [0.15, 0.2) is 11.6 Å². The lowest BCUT2D eigenvalue weighted by Gasteiger charge is -2.12. The lowest BCUT2D eigenvalue weighted by Crippen LogP contribution is -2.14. The van der Waals surface area contributed by atoms with E-state index in [1.807, 2.05) is 0 Å². The molecule has 0 aliphatic heterocycles. The van der Waals surface area contributed by atoms with Crippen LogP contribution in [0.2, 0.25) is 0 Å². The number of methoxy groups -OCH3 is 3. The zero-order chi connectivity index (χ0) is 19.9. The number of para-hydroxylation sites is 1. The van der Waals surface area contributed by atoms with Gasteiger partial charge in [0.1, 0.15) is 17.2 Å². The van der Waals surface area contributed by atoms with Gasteiger partial charge in [-0.2, -0.15) is 0 Å². The molecular formula is C20H20N4O4. The Morgan fingerprint density at radius 2 is 1.54 bits per heavy atom. The summed E-state index contributed by atoms with van der Waals surface area (Å²) in [6, 6.07) is 15.7. The zero-order valence-corrected chi connectivity index (χ0v) is 15.7. The van der Waals surface area contributed by atoms with Crippen LogP contribution in [-0.4, -0.2) is 37.4 Å². The molecule has 0 fully saturated rings. The molecule has 0 bridgehead atoms. The van der Waals surface area contributed by atoms with Gasteiger partial charge < -0.3 is 24.8 Å². The van der Waals surface area contributed by atoms with E-state index < -0.39 is 0 Å². The van der Waals surface area contributed by atoms with Crippen molar-refractivity contribution in [3.8, 4) is 17.2 Å². The molecule has 8 nitrogen and oxygen atoms in total. The summed E-state index contributed by atoms with van der Waals surface area (Å²) >= 11 is 0. The smallest absolute Gasteiger partial charge is 0.260 e. The monoisotopic (exact) mass is 380 g/mol. The SMILES string of the molecule is COc1ccc(OC)c(Nc2ccc(NC(=O)c3ccccc3OC)nn2)c1. The third kappa shape index (κ3) is 4.29. The molecular weight excluding hydrogens is 360 g/mol. The van der Waals surface area contributed by atoms with E-state index in [1.54, 1.807) is 68.8 Å². The Morgan fingerprint density at radius 3 is 2.21 bits per heavy atom. The second-order valence-corrected chi connectivity index (χ2v) is 5.65. The van der Waals surface area contributed by atoms with Crippen LogP contribution in [0.25, 0.3) is 0 Å². The van der Waals surface area contributed by atoms with E-state index in [-0.39, 0.29) is 5.91 Å². The van der Waals surface area contributed by atoms with E-state index in [0.29, 0.717) is 40.1 Å². The number of rotatable bonds is 7. The van der Waals surface area contributed by atoms with E-state index in [4.69, 9.17) is 14.2 Å². The fraction of sp³-hybridized carbons (Fsp3) is 0.150. The van der Waals surface area contributed by atoms with Gasteiger partial charge >= 0.3 is 0 Å². The molecule has 1 aromatic heterocycles. The lowest BCUT2D eigenvalue weighted by molar-refractivity contribution is 0.102. The fourth-order valence-electron chi connectivity index (χ4n) is 2.53.